The number of carbonyl (C=O) groups is 2. The van der Waals surface area contributed by atoms with E-state index in [-0.39, 0.29) is 30.6 Å². The fourth-order valence-electron chi connectivity index (χ4n) is 5.05. The fraction of sp³-hybridized carbons (Fsp3) is 0.577. The summed E-state index contributed by atoms with van der Waals surface area (Å²) in [7, 11) is 0. The number of thioether (sulfide) groups is 1. The number of aromatic nitrogens is 1. The predicted molar refractivity (Wildman–Crippen MR) is 140 cm³/mol. The summed E-state index contributed by atoms with van der Waals surface area (Å²) in [6.45, 7) is 0.639. The molecule has 0 spiro atoms. The highest BCUT2D eigenvalue weighted by atomic mass is 32.2. The third-order valence-electron chi connectivity index (χ3n) is 6.83. The second kappa shape index (κ2) is 13.3. The van der Waals surface area contributed by atoms with Crippen LogP contribution in [-0.4, -0.2) is 50.9 Å². The van der Waals surface area contributed by atoms with Crippen LogP contribution in [0.4, 0.5) is 9.93 Å². The standard InChI is InChI=1S/C26H35N3O4S2/c30-23(31)15-16-34-24-17-27-25(35-24)28-26(32)29(20-9-5-2-6-10-20)21-11-13-22(14-12-21)33-18-19-7-3-1-4-8-19/h1,3-4,7-8,17,20-22H,2,5-6,9-16,18H2,(H,30,31)(H,27,28,32). The molecule has 1 aromatic heterocycles. The quantitative estimate of drug-likeness (QED) is 0.354. The first-order chi connectivity index (χ1) is 17.1. The van der Waals surface area contributed by atoms with Crippen molar-refractivity contribution in [3.05, 3.63) is 42.1 Å². The summed E-state index contributed by atoms with van der Waals surface area (Å²) in [5, 5.41) is 12.5. The normalized spacial score (nSPS) is 20.9. The molecular weight excluding hydrogens is 482 g/mol. The van der Waals surface area contributed by atoms with Crippen LogP contribution in [0.3, 0.4) is 0 Å². The van der Waals surface area contributed by atoms with Gasteiger partial charge in [0.05, 0.1) is 29.5 Å². The van der Waals surface area contributed by atoms with Gasteiger partial charge in [0, 0.05) is 17.8 Å². The van der Waals surface area contributed by atoms with Crippen LogP contribution < -0.4 is 5.32 Å². The number of aliphatic carboxylic acids is 1. The predicted octanol–water partition coefficient (Wildman–Crippen LogP) is 6.40. The van der Waals surface area contributed by atoms with E-state index in [1.807, 2.05) is 18.2 Å². The van der Waals surface area contributed by atoms with Crippen LogP contribution in [0.25, 0.3) is 0 Å². The van der Waals surface area contributed by atoms with E-state index in [9.17, 15) is 9.59 Å². The molecular formula is C26H35N3O4S2. The number of nitrogens with one attached hydrogen (secondary N) is 1. The van der Waals surface area contributed by atoms with Gasteiger partial charge < -0.3 is 14.7 Å². The molecule has 0 radical (unpaired) electrons. The largest absolute Gasteiger partial charge is 0.481 e. The van der Waals surface area contributed by atoms with E-state index in [2.05, 4.69) is 27.3 Å². The van der Waals surface area contributed by atoms with Gasteiger partial charge in [0.15, 0.2) is 5.13 Å². The van der Waals surface area contributed by atoms with Crippen molar-refractivity contribution in [2.75, 3.05) is 11.1 Å². The number of nitrogens with zero attached hydrogens (tertiary/aromatic N) is 2. The van der Waals surface area contributed by atoms with Gasteiger partial charge >= 0.3 is 12.0 Å². The van der Waals surface area contributed by atoms with Crippen molar-refractivity contribution in [3.8, 4) is 0 Å². The van der Waals surface area contributed by atoms with E-state index in [1.54, 1.807) is 6.20 Å². The molecule has 1 aromatic carbocycles. The van der Waals surface area contributed by atoms with Gasteiger partial charge in [-0.05, 0) is 44.1 Å². The molecule has 0 unspecified atom stereocenters. The average molecular weight is 518 g/mol. The summed E-state index contributed by atoms with van der Waals surface area (Å²) in [4.78, 5) is 30.7. The zero-order valence-electron chi connectivity index (χ0n) is 20.1. The number of hydrogen-bond acceptors (Lipinski definition) is 6. The summed E-state index contributed by atoms with van der Waals surface area (Å²) in [6.07, 6.45) is 11.6. The van der Waals surface area contributed by atoms with Gasteiger partial charge in [-0.15, -0.1) is 11.8 Å². The number of anilines is 1. The van der Waals surface area contributed by atoms with Crippen LogP contribution >= 0.6 is 23.1 Å². The number of rotatable bonds is 10. The van der Waals surface area contributed by atoms with Gasteiger partial charge in [0.1, 0.15) is 0 Å². The molecule has 2 fully saturated rings. The van der Waals surface area contributed by atoms with Crippen molar-refractivity contribution in [2.45, 2.75) is 93.2 Å². The van der Waals surface area contributed by atoms with Crippen LogP contribution in [0.1, 0.15) is 69.8 Å². The molecule has 9 heteroatoms. The Hall–Kier alpha value is -2.10. The maximum absolute atomic E-state index is 13.5. The fourth-order valence-corrected chi connectivity index (χ4v) is 6.91. The first-order valence-corrected chi connectivity index (χ1v) is 14.4. The van der Waals surface area contributed by atoms with Crippen molar-refractivity contribution < 1.29 is 19.4 Å². The van der Waals surface area contributed by atoms with E-state index in [0.717, 1.165) is 42.7 Å². The third-order valence-corrected chi connectivity index (χ3v) is 8.94. The highest BCUT2D eigenvalue weighted by Gasteiger charge is 2.35. The van der Waals surface area contributed by atoms with E-state index in [4.69, 9.17) is 9.84 Å². The molecule has 2 aromatic rings. The summed E-state index contributed by atoms with van der Waals surface area (Å²) in [5.74, 6) is -0.312. The van der Waals surface area contributed by atoms with Gasteiger partial charge in [-0.25, -0.2) is 9.78 Å². The number of benzene rings is 1. The first kappa shape index (κ1) is 26.0. The Bertz CT molecular complexity index is 941. The SMILES string of the molecule is O=C(O)CCSc1cnc(NC(=O)N(C2CCCCC2)C2CCC(OCc3ccccc3)CC2)s1. The van der Waals surface area contributed by atoms with E-state index >= 15 is 0 Å². The molecule has 0 aliphatic heterocycles. The van der Waals surface area contributed by atoms with Crippen LogP contribution in [-0.2, 0) is 16.1 Å². The number of hydrogen-bond donors (Lipinski definition) is 2. The minimum Gasteiger partial charge on any atom is -0.481 e. The molecule has 0 atom stereocenters. The van der Waals surface area contributed by atoms with Crippen LogP contribution in [0.2, 0.25) is 0 Å². The van der Waals surface area contributed by atoms with Crippen LogP contribution in [0.5, 0.6) is 0 Å². The molecule has 190 valence electrons. The van der Waals surface area contributed by atoms with Crippen molar-refractivity contribution in [1.82, 2.24) is 9.88 Å². The maximum Gasteiger partial charge on any atom is 0.324 e. The molecule has 2 saturated carbocycles. The van der Waals surface area contributed by atoms with Crippen molar-refractivity contribution in [3.63, 3.8) is 0 Å². The van der Waals surface area contributed by atoms with Gasteiger partial charge in [-0.3, -0.25) is 10.1 Å². The van der Waals surface area contributed by atoms with E-state index in [0.29, 0.717) is 17.5 Å². The number of carboxylic acids is 1. The minimum absolute atomic E-state index is 0.0537. The maximum atomic E-state index is 13.5. The van der Waals surface area contributed by atoms with E-state index < -0.39 is 5.97 Å². The Morgan fingerprint density at radius 1 is 1.06 bits per heavy atom. The third kappa shape index (κ3) is 7.95. The number of amides is 2. The first-order valence-electron chi connectivity index (χ1n) is 12.6. The number of carbonyl (C=O) groups excluding carboxylic acids is 1. The minimum atomic E-state index is -0.807. The lowest BCUT2D eigenvalue weighted by atomic mass is 9.88. The average Bonchev–Trinajstić information content (AvgIpc) is 3.31. The Kier molecular flexibility index (Phi) is 9.85. The summed E-state index contributed by atoms with van der Waals surface area (Å²) in [6, 6.07) is 10.7. The summed E-state index contributed by atoms with van der Waals surface area (Å²) >= 11 is 2.87. The number of thiazole rings is 1. The molecule has 35 heavy (non-hydrogen) atoms. The Balaban J connectivity index is 1.33. The number of carboxylic acid groups (broad SMARTS) is 1. The second-order valence-corrected chi connectivity index (χ2v) is 11.8. The van der Waals surface area contributed by atoms with Crippen molar-refractivity contribution >= 4 is 40.2 Å². The van der Waals surface area contributed by atoms with E-state index in [1.165, 1.54) is 47.9 Å². The Morgan fingerprint density at radius 3 is 2.49 bits per heavy atom. The lowest BCUT2D eigenvalue weighted by Crippen LogP contribution is -2.51. The molecule has 0 saturated heterocycles. The smallest absolute Gasteiger partial charge is 0.324 e. The molecule has 7 nitrogen and oxygen atoms in total. The monoisotopic (exact) mass is 517 g/mol. The van der Waals surface area contributed by atoms with Crippen molar-refractivity contribution in [1.29, 1.82) is 0 Å². The Labute approximate surface area is 215 Å². The molecule has 0 bridgehead atoms. The molecule has 2 aliphatic carbocycles. The summed E-state index contributed by atoms with van der Waals surface area (Å²) in [5.41, 5.74) is 1.20. The highest BCUT2D eigenvalue weighted by Crippen LogP contribution is 2.33. The number of ether oxygens (including phenoxy) is 1. The zero-order valence-corrected chi connectivity index (χ0v) is 21.7. The van der Waals surface area contributed by atoms with Crippen LogP contribution in [0, 0.1) is 0 Å². The zero-order chi connectivity index (χ0) is 24.5. The summed E-state index contributed by atoms with van der Waals surface area (Å²) < 4.78 is 7.10. The topological polar surface area (TPSA) is 91.8 Å². The molecule has 4 rings (SSSR count). The lowest BCUT2D eigenvalue weighted by Gasteiger charge is -2.42. The number of urea groups is 1. The molecule has 1 heterocycles. The molecule has 2 N–H and O–H groups in total. The molecule has 2 amide bonds. The lowest BCUT2D eigenvalue weighted by molar-refractivity contribution is -0.136. The second-order valence-electron chi connectivity index (χ2n) is 9.33. The van der Waals surface area contributed by atoms with Gasteiger partial charge in [-0.2, -0.15) is 0 Å². The Morgan fingerprint density at radius 2 is 1.77 bits per heavy atom. The van der Waals surface area contributed by atoms with Crippen LogP contribution in [0.15, 0.2) is 40.7 Å². The van der Waals surface area contributed by atoms with Gasteiger partial charge in [-0.1, -0.05) is 60.9 Å². The highest BCUT2D eigenvalue weighted by molar-refractivity contribution is 8.01. The molecule has 2 aliphatic rings. The van der Waals surface area contributed by atoms with Gasteiger partial charge in [0.25, 0.3) is 0 Å². The van der Waals surface area contributed by atoms with Crippen molar-refractivity contribution in [2.24, 2.45) is 0 Å². The van der Waals surface area contributed by atoms with Gasteiger partial charge in [0.2, 0.25) is 0 Å².